The molecule has 8 heteroatoms. The smallest absolute Gasteiger partial charge is 0.269 e. The third kappa shape index (κ3) is 3.66. The lowest BCUT2D eigenvalue weighted by molar-refractivity contribution is 0.0958. The Hall–Kier alpha value is -3.81. The van der Waals surface area contributed by atoms with E-state index in [4.69, 9.17) is 9.15 Å². The molecule has 0 saturated heterocycles. The van der Waals surface area contributed by atoms with Crippen LogP contribution in [0.3, 0.4) is 0 Å². The third-order valence-corrected chi connectivity index (χ3v) is 4.05. The summed E-state index contributed by atoms with van der Waals surface area (Å²) in [5.74, 6) is 0.689. The van der Waals surface area contributed by atoms with Crippen LogP contribution in [0.1, 0.15) is 21.7 Å². The zero-order chi connectivity index (χ0) is 19.5. The third-order valence-electron chi connectivity index (χ3n) is 4.05. The molecule has 0 spiro atoms. The topological polar surface area (TPSA) is 103 Å². The summed E-state index contributed by atoms with van der Waals surface area (Å²) < 4.78 is 11.4. The molecule has 4 heterocycles. The first-order valence-corrected chi connectivity index (χ1v) is 8.62. The molecule has 1 N–H and O–H groups in total. The first kappa shape index (κ1) is 17.6. The molecule has 0 saturated carbocycles. The predicted octanol–water partition coefficient (Wildman–Crippen LogP) is 2.93. The molecule has 0 fully saturated rings. The van der Waals surface area contributed by atoms with Gasteiger partial charge in [0.2, 0.25) is 11.6 Å². The minimum Gasteiger partial charge on any atom is -0.486 e. The van der Waals surface area contributed by atoms with E-state index >= 15 is 0 Å². The van der Waals surface area contributed by atoms with E-state index in [2.05, 4.69) is 25.3 Å². The first-order chi connectivity index (χ1) is 13.6. The fraction of sp³-hybridized carbons (Fsp3) is 0.150. The monoisotopic (exact) mass is 375 g/mol. The average molecular weight is 375 g/mol. The van der Waals surface area contributed by atoms with Crippen molar-refractivity contribution in [2.45, 2.75) is 13.5 Å². The van der Waals surface area contributed by atoms with Crippen LogP contribution in [0.2, 0.25) is 0 Å². The number of ether oxygens (including phenoxy) is 1. The highest BCUT2D eigenvalue weighted by atomic mass is 16.5. The molecular formula is C20H17N5O3. The Kier molecular flexibility index (Phi) is 4.67. The molecule has 0 aromatic carbocycles. The van der Waals surface area contributed by atoms with Gasteiger partial charge in [0.25, 0.3) is 5.91 Å². The number of aryl methyl sites for hydroxylation is 1. The molecule has 4 aromatic rings. The van der Waals surface area contributed by atoms with E-state index in [1.54, 1.807) is 37.6 Å². The van der Waals surface area contributed by atoms with Crippen LogP contribution in [0.5, 0.6) is 5.75 Å². The van der Waals surface area contributed by atoms with Gasteiger partial charge >= 0.3 is 0 Å². The molecular weight excluding hydrogens is 358 g/mol. The van der Waals surface area contributed by atoms with Gasteiger partial charge in [0, 0.05) is 25.5 Å². The highest BCUT2D eigenvalue weighted by Crippen LogP contribution is 2.25. The second kappa shape index (κ2) is 7.43. The van der Waals surface area contributed by atoms with Gasteiger partial charge in [0.05, 0.1) is 17.5 Å². The zero-order valence-electron chi connectivity index (χ0n) is 15.3. The van der Waals surface area contributed by atoms with Crippen molar-refractivity contribution in [2.24, 2.45) is 0 Å². The molecule has 0 bridgehead atoms. The Morgan fingerprint density at radius 1 is 1.11 bits per heavy atom. The van der Waals surface area contributed by atoms with Gasteiger partial charge in [-0.05, 0) is 30.7 Å². The van der Waals surface area contributed by atoms with Crippen LogP contribution in [0.15, 0.2) is 53.3 Å². The van der Waals surface area contributed by atoms with Crippen LogP contribution in [0, 0.1) is 6.92 Å². The van der Waals surface area contributed by atoms with Crippen molar-refractivity contribution in [1.29, 1.82) is 0 Å². The van der Waals surface area contributed by atoms with Crippen molar-refractivity contribution in [2.75, 3.05) is 7.05 Å². The number of nitrogens with one attached hydrogen (secondary N) is 1. The maximum Gasteiger partial charge on any atom is 0.269 e. The van der Waals surface area contributed by atoms with Crippen LogP contribution in [0.25, 0.3) is 22.7 Å². The summed E-state index contributed by atoms with van der Waals surface area (Å²) in [4.78, 5) is 28.7. The summed E-state index contributed by atoms with van der Waals surface area (Å²) >= 11 is 0. The highest BCUT2D eigenvalue weighted by molar-refractivity contribution is 5.92. The van der Waals surface area contributed by atoms with Crippen LogP contribution >= 0.6 is 0 Å². The van der Waals surface area contributed by atoms with E-state index < -0.39 is 0 Å². The molecule has 140 valence electrons. The van der Waals surface area contributed by atoms with E-state index in [9.17, 15) is 4.79 Å². The molecule has 0 radical (unpaired) electrons. The van der Waals surface area contributed by atoms with E-state index in [-0.39, 0.29) is 5.91 Å². The molecule has 4 aromatic heterocycles. The van der Waals surface area contributed by atoms with Gasteiger partial charge in [-0.1, -0.05) is 6.07 Å². The van der Waals surface area contributed by atoms with Crippen molar-refractivity contribution in [3.05, 3.63) is 65.9 Å². The zero-order valence-corrected chi connectivity index (χ0v) is 15.3. The van der Waals surface area contributed by atoms with E-state index in [1.165, 1.54) is 6.20 Å². The first-order valence-electron chi connectivity index (χ1n) is 8.62. The van der Waals surface area contributed by atoms with Crippen LogP contribution < -0.4 is 10.1 Å². The van der Waals surface area contributed by atoms with Crippen molar-refractivity contribution < 1.29 is 13.9 Å². The molecule has 0 unspecified atom stereocenters. The molecule has 4 rings (SSSR count). The number of oxazole rings is 1. The molecule has 0 aliphatic carbocycles. The van der Waals surface area contributed by atoms with Gasteiger partial charge in [-0.2, -0.15) is 0 Å². The highest BCUT2D eigenvalue weighted by Gasteiger charge is 2.12. The lowest BCUT2D eigenvalue weighted by Crippen LogP contribution is -2.18. The maximum atomic E-state index is 11.6. The number of aromatic nitrogens is 4. The quantitative estimate of drug-likeness (QED) is 0.572. The summed E-state index contributed by atoms with van der Waals surface area (Å²) in [5.41, 5.74) is 3.86. The minimum absolute atomic E-state index is 0.254. The van der Waals surface area contributed by atoms with E-state index in [0.717, 1.165) is 11.3 Å². The Balaban J connectivity index is 1.52. The number of fused-ring (bicyclic) bond motifs is 1. The van der Waals surface area contributed by atoms with E-state index in [1.807, 2.05) is 19.1 Å². The lowest BCUT2D eigenvalue weighted by atomic mass is 10.2. The number of amides is 1. The standard InChI is InChI=1S/C20H17N5O3/c1-12-3-5-14(22-8-12)11-27-15-7-17-20(24-10-15)28-19(25-17)13-4-6-16(23-9-13)18(26)21-2/h3-10H,11H2,1-2H3,(H,21,26). The predicted molar refractivity (Wildman–Crippen MR) is 102 cm³/mol. The van der Waals surface area contributed by atoms with Crippen LogP contribution in [-0.2, 0) is 6.61 Å². The van der Waals surface area contributed by atoms with Crippen molar-refractivity contribution in [3.63, 3.8) is 0 Å². The molecule has 0 aliphatic heterocycles. The molecule has 0 atom stereocenters. The average Bonchev–Trinajstić information content (AvgIpc) is 3.16. The SMILES string of the molecule is CNC(=O)c1ccc(-c2nc3cc(OCc4ccc(C)cn4)cnc3o2)cn1. The number of pyridine rings is 3. The van der Waals surface area contributed by atoms with Crippen molar-refractivity contribution >= 4 is 17.1 Å². The summed E-state index contributed by atoms with van der Waals surface area (Å²) in [7, 11) is 1.55. The van der Waals surface area contributed by atoms with E-state index in [0.29, 0.717) is 40.7 Å². The van der Waals surface area contributed by atoms with Gasteiger partial charge in [-0.3, -0.25) is 14.8 Å². The van der Waals surface area contributed by atoms with Gasteiger partial charge in [0.15, 0.2) is 0 Å². The van der Waals surface area contributed by atoms with Gasteiger partial charge in [-0.15, -0.1) is 0 Å². The van der Waals surface area contributed by atoms with Crippen LogP contribution in [-0.4, -0.2) is 32.9 Å². The summed E-state index contributed by atoms with van der Waals surface area (Å²) in [6.45, 7) is 2.32. The van der Waals surface area contributed by atoms with Gasteiger partial charge < -0.3 is 14.5 Å². The number of carbonyl (C=O) groups is 1. The number of hydrogen-bond acceptors (Lipinski definition) is 7. The second-order valence-electron chi connectivity index (χ2n) is 6.14. The number of hydrogen-bond donors (Lipinski definition) is 1. The largest absolute Gasteiger partial charge is 0.486 e. The summed E-state index contributed by atoms with van der Waals surface area (Å²) in [6.07, 6.45) is 4.92. The van der Waals surface area contributed by atoms with Crippen molar-refractivity contribution in [1.82, 2.24) is 25.3 Å². The molecule has 28 heavy (non-hydrogen) atoms. The van der Waals surface area contributed by atoms with Crippen LogP contribution in [0.4, 0.5) is 0 Å². The fourth-order valence-electron chi connectivity index (χ4n) is 2.53. The number of carbonyl (C=O) groups excluding carboxylic acids is 1. The fourth-order valence-corrected chi connectivity index (χ4v) is 2.53. The van der Waals surface area contributed by atoms with Gasteiger partial charge in [-0.25, -0.2) is 9.97 Å². The second-order valence-corrected chi connectivity index (χ2v) is 6.14. The molecule has 8 nitrogen and oxygen atoms in total. The Morgan fingerprint density at radius 3 is 2.71 bits per heavy atom. The molecule has 1 amide bonds. The maximum absolute atomic E-state index is 11.6. The lowest BCUT2D eigenvalue weighted by Gasteiger charge is -2.04. The summed E-state index contributed by atoms with van der Waals surface area (Å²) in [5, 5.41) is 2.53. The minimum atomic E-state index is -0.254. The summed E-state index contributed by atoms with van der Waals surface area (Å²) in [6, 6.07) is 9.00. The Bertz CT molecular complexity index is 1120. The Morgan fingerprint density at radius 2 is 2.00 bits per heavy atom. The normalized spacial score (nSPS) is 10.8. The molecule has 0 aliphatic rings. The Labute approximate surface area is 160 Å². The van der Waals surface area contributed by atoms with Gasteiger partial charge in [0.1, 0.15) is 23.6 Å². The van der Waals surface area contributed by atoms with Crippen molar-refractivity contribution in [3.8, 4) is 17.2 Å². The number of nitrogens with zero attached hydrogens (tertiary/aromatic N) is 4. The number of rotatable bonds is 5.